The number of thiocarbonyl (C=S) groups is 1. The van der Waals surface area contributed by atoms with Gasteiger partial charge in [0.15, 0.2) is 0 Å². The first-order valence-electron chi connectivity index (χ1n) is 4.81. The minimum absolute atomic E-state index is 0.257. The van der Waals surface area contributed by atoms with Crippen LogP contribution in [0, 0.1) is 0 Å². The predicted molar refractivity (Wildman–Crippen MR) is 66.5 cm³/mol. The van der Waals surface area contributed by atoms with E-state index in [1.54, 1.807) is 38.2 Å². The Labute approximate surface area is 100.0 Å². The number of carbonyl (C=O) groups is 1. The summed E-state index contributed by atoms with van der Waals surface area (Å²) in [7, 11) is 1.59. The minimum atomic E-state index is -0.480. The standard InChI is InChI=1S/C11H14N2O2S/c1-8(10(12)16)13(2)11(14)15-9-6-4-3-5-7-9/h3-8H,1-2H3,(H2,12,16). The number of ether oxygens (including phenoxy) is 1. The lowest BCUT2D eigenvalue weighted by Crippen LogP contribution is -2.44. The van der Waals surface area contributed by atoms with Gasteiger partial charge >= 0.3 is 6.09 Å². The van der Waals surface area contributed by atoms with E-state index in [0.717, 1.165) is 0 Å². The van der Waals surface area contributed by atoms with Crippen LogP contribution < -0.4 is 10.5 Å². The maximum atomic E-state index is 11.6. The lowest BCUT2D eigenvalue weighted by molar-refractivity contribution is 0.159. The largest absolute Gasteiger partial charge is 0.415 e. The summed E-state index contributed by atoms with van der Waals surface area (Å²) in [5.41, 5.74) is 5.45. The second kappa shape index (κ2) is 5.46. The summed E-state index contributed by atoms with van der Waals surface area (Å²) in [6.07, 6.45) is -0.480. The fourth-order valence-electron chi connectivity index (χ4n) is 1.01. The Morgan fingerprint density at radius 1 is 1.44 bits per heavy atom. The smallest absolute Gasteiger partial charge is 0.410 e. The summed E-state index contributed by atoms with van der Waals surface area (Å²) in [5, 5.41) is 0. The van der Waals surface area contributed by atoms with Gasteiger partial charge in [-0.2, -0.15) is 0 Å². The van der Waals surface area contributed by atoms with Crippen molar-refractivity contribution >= 4 is 23.3 Å². The van der Waals surface area contributed by atoms with Gasteiger partial charge in [0.05, 0.1) is 11.0 Å². The van der Waals surface area contributed by atoms with Gasteiger partial charge in [0, 0.05) is 7.05 Å². The van der Waals surface area contributed by atoms with Crippen LogP contribution in [0.25, 0.3) is 0 Å². The maximum Gasteiger partial charge on any atom is 0.415 e. The van der Waals surface area contributed by atoms with Crippen LogP contribution in [0.15, 0.2) is 30.3 Å². The van der Waals surface area contributed by atoms with Crippen molar-refractivity contribution in [3.8, 4) is 5.75 Å². The second-order valence-electron chi connectivity index (χ2n) is 3.37. The first-order valence-corrected chi connectivity index (χ1v) is 5.22. The Bertz CT molecular complexity index is 381. The van der Waals surface area contributed by atoms with Crippen LogP contribution >= 0.6 is 12.2 Å². The molecular formula is C11H14N2O2S. The zero-order valence-corrected chi connectivity index (χ0v) is 10.0. The first kappa shape index (κ1) is 12.4. The van der Waals surface area contributed by atoms with Crippen LogP contribution in [0.2, 0.25) is 0 Å². The van der Waals surface area contributed by atoms with Crippen LogP contribution in [0.5, 0.6) is 5.75 Å². The number of hydrogen-bond donors (Lipinski definition) is 1. The molecule has 16 heavy (non-hydrogen) atoms. The fourth-order valence-corrected chi connectivity index (χ4v) is 1.17. The van der Waals surface area contributed by atoms with Gasteiger partial charge < -0.3 is 15.4 Å². The van der Waals surface area contributed by atoms with E-state index < -0.39 is 6.09 Å². The van der Waals surface area contributed by atoms with E-state index in [1.165, 1.54) is 4.90 Å². The van der Waals surface area contributed by atoms with Crippen LogP contribution in [0.1, 0.15) is 6.92 Å². The zero-order chi connectivity index (χ0) is 12.1. The molecule has 4 nitrogen and oxygen atoms in total. The third-order valence-electron chi connectivity index (χ3n) is 2.23. The molecule has 0 saturated heterocycles. The molecule has 1 amide bonds. The lowest BCUT2D eigenvalue weighted by atomic mass is 10.3. The summed E-state index contributed by atoms with van der Waals surface area (Å²) < 4.78 is 5.12. The average Bonchev–Trinajstić information content (AvgIpc) is 2.28. The molecule has 0 aliphatic rings. The van der Waals surface area contributed by atoms with Gasteiger partial charge in [-0.15, -0.1) is 0 Å². The highest BCUT2D eigenvalue weighted by Gasteiger charge is 2.19. The molecule has 1 rings (SSSR count). The Hall–Kier alpha value is -1.62. The van der Waals surface area contributed by atoms with Crippen molar-refractivity contribution in [2.24, 2.45) is 5.73 Å². The van der Waals surface area contributed by atoms with E-state index in [4.69, 9.17) is 22.7 Å². The molecule has 0 aliphatic carbocycles. The molecule has 1 atom stereocenters. The molecule has 5 heteroatoms. The van der Waals surface area contributed by atoms with Crippen molar-refractivity contribution < 1.29 is 9.53 Å². The van der Waals surface area contributed by atoms with Crippen LogP contribution in [0.3, 0.4) is 0 Å². The molecule has 0 aromatic heterocycles. The van der Waals surface area contributed by atoms with Gasteiger partial charge in [0.25, 0.3) is 0 Å². The molecule has 0 spiro atoms. The van der Waals surface area contributed by atoms with E-state index >= 15 is 0 Å². The van der Waals surface area contributed by atoms with E-state index in [1.807, 2.05) is 6.07 Å². The normalized spacial score (nSPS) is 11.6. The van der Waals surface area contributed by atoms with E-state index in [0.29, 0.717) is 5.75 Å². The highest BCUT2D eigenvalue weighted by Crippen LogP contribution is 2.10. The number of benzene rings is 1. The van der Waals surface area contributed by atoms with E-state index in [-0.39, 0.29) is 11.0 Å². The van der Waals surface area contributed by atoms with Crippen molar-refractivity contribution in [3.63, 3.8) is 0 Å². The summed E-state index contributed by atoms with van der Waals surface area (Å²) in [6.45, 7) is 1.74. The Kier molecular flexibility index (Phi) is 4.25. The van der Waals surface area contributed by atoms with Gasteiger partial charge in [-0.3, -0.25) is 0 Å². The van der Waals surface area contributed by atoms with Gasteiger partial charge in [0.2, 0.25) is 0 Å². The highest BCUT2D eigenvalue weighted by molar-refractivity contribution is 7.80. The molecular weight excluding hydrogens is 224 g/mol. The van der Waals surface area contributed by atoms with Crippen molar-refractivity contribution in [1.29, 1.82) is 0 Å². The SMILES string of the molecule is CC(C(N)=S)N(C)C(=O)Oc1ccccc1. The van der Waals surface area contributed by atoms with Gasteiger partial charge in [0.1, 0.15) is 5.75 Å². The quantitative estimate of drug-likeness (QED) is 0.816. The Morgan fingerprint density at radius 3 is 2.50 bits per heavy atom. The van der Waals surface area contributed by atoms with Crippen LogP contribution in [0.4, 0.5) is 4.79 Å². The van der Waals surface area contributed by atoms with Crippen LogP contribution in [-0.4, -0.2) is 29.1 Å². The van der Waals surface area contributed by atoms with Crippen molar-refractivity contribution in [1.82, 2.24) is 4.90 Å². The summed E-state index contributed by atoms with van der Waals surface area (Å²) in [5.74, 6) is 0.495. The van der Waals surface area contributed by atoms with Crippen LogP contribution in [-0.2, 0) is 0 Å². The third-order valence-corrected chi connectivity index (χ3v) is 2.57. The summed E-state index contributed by atoms with van der Waals surface area (Å²) in [6, 6.07) is 8.51. The molecule has 1 unspecified atom stereocenters. The second-order valence-corrected chi connectivity index (χ2v) is 3.84. The number of likely N-dealkylation sites (N-methyl/N-ethyl adjacent to an activating group) is 1. The summed E-state index contributed by atoms with van der Waals surface area (Å²) >= 11 is 4.81. The number of rotatable bonds is 3. The highest BCUT2D eigenvalue weighted by atomic mass is 32.1. The molecule has 86 valence electrons. The van der Waals surface area contributed by atoms with Crippen molar-refractivity contribution in [2.45, 2.75) is 13.0 Å². The topological polar surface area (TPSA) is 55.6 Å². The van der Waals surface area contributed by atoms with Gasteiger partial charge in [-0.25, -0.2) is 4.79 Å². The summed E-state index contributed by atoms with van der Waals surface area (Å²) in [4.78, 5) is 13.3. The molecule has 0 radical (unpaired) electrons. The molecule has 1 aromatic carbocycles. The lowest BCUT2D eigenvalue weighted by Gasteiger charge is -2.22. The number of nitrogens with two attached hydrogens (primary N) is 1. The molecule has 0 saturated carbocycles. The van der Waals surface area contributed by atoms with E-state index in [2.05, 4.69) is 0 Å². The van der Waals surface area contributed by atoms with Gasteiger partial charge in [-0.05, 0) is 19.1 Å². The Balaban J connectivity index is 2.63. The Morgan fingerprint density at radius 2 is 2.00 bits per heavy atom. The average molecular weight is 238 g/mol. The minimum Gasteiger partial charge on any atom is -0.410 e. The molecule has 0 bridgehead atoms. The fraction of sp³-hybridized carbons (Fsp3) is 0.273. The number of para-hydroxylation sites is 1. The zero-order valence-electron chi connectivity index (χ0n) is 9.21. The third kappa shape index (κ3) is 3.20. The van der Waals surface area contributed by atoms with E-state index in [9.17, 15) is 4.79 Å². The number of nitrogens with zero attached hydrogens (tertiary/aromatic N) is 1. The molecule has 0 fully saturated rings. The number of hydrogen-bond acceptors (Lipinski definition) is 3. The maximum absolute atomic E-state index is 11.6. The number of amides is 1. The molecule has 2 N–H and O–H groups in total. The van der Waals surface area contributed by atoms with Gasteiger partial charge in [-0.1, -0.05) is 30.4 Å². The van der Waals surface area contributed by atoms with Crippen molar-refractivity contribution in [2.75, 3.05) is 7.05 Å². The molecule has 1 aromatic rings. The monoisotopic (exact) mass is 238 g/mol. The van der Waals surface area contributed by atoms with Crippen molar-refractivity contribution in [3.05, 3.63) is 30.3 Å². The first-order chi connectivity index (χ1) is 7.52. The molecule has 0 heterocycles. The predicted octanol–water partition coefficient (Wildman–Crippen LogP) is 1.79. The number of carbonyl (C=O) groups excluding carboxylic acids is 1. The molecule has 0 aliphatic heterocycles.